The Bertz CT molecular complexity index is 374. The van der Waals surface area contributed by atoms with Crippen molar-refractivity contribution in [1.29, 1.82) is 0 Å². The van der Waals surface area contributed by atoms with E-state index < -0.39 is 0 Å². The SMILES string of the molecule is CCO[C@@H]1C[C@H](NC2CCN(C(N)=O)CC2)C12CCCC2. The van der Waals surface area contributed by atoms with Crippen molar-refractivity contribution in [2.24, 2.45) is 11.1 Å². The summed E-state index contributed by atoms with van der Waals surface area (Å²) in [6.45, 7) is 4.52. The molecule has 1 heterocycles. The number of urea groups is 1. The summed E-state index contributed by atoms with van der Waals surface area (Å²) in [5.74, 6) is 0. The molecule has 1 aliphatic heterocycles. The Kier molecular flexibility index (Phi) is 4.41. The monoisotopic (exact) mass is 295 g/mol. The molecule has 3 fully saturated rings. The van der Waals surface area contributed by atoms with Crippen LogP contribution in [0.3, 0.4) is 0 Å². The zero-order chi connectivity index (χ0) is 14.9. The van der Waals surface area contributed by atoms with Gasteiger partial charge in [-0.2, -0.15) is 0 Å². The summed E-state index contributed by atoms with van der Waals surface area (Å²) < 4.78 is 5.97. The standard InChI is InChI=1S/C16H29N3O2/c1-2-21-14-11-13(16(14)7-3-4-8-16)18-12-5-9-19(10-6-12)15(17)20/h12-14,18H,2-11H2,1H3,(H2,17,20)/t13-,14+/m0/s1. The van der Waals surface area contributed by atoms with Crippen molar-refractivity contribution in [2.75, 3.05) is 19.7 Å². The molecular weight excluding hydrogens is 266 g/mol. The lowest BCUT2D eigenvalue weighted by Gasteiger charge is -2.55. The van der Waals surface area contributed by atoms with E-state index >= 15 is 0 Å². The van der Waals surface area contributed by atoms with Crippen molar-refractivity contribution >= 4 is 6.03 Å². The maximum absolute atomic E-state index is 11.2. The third kappa shape index (κ3) is 2.78. The van der Waals surface area contributed by atoms with Crippen LogP contribution in [0.2, 0.25) is 0 Å². The van der Waals surface area contributed by atoms with Crippen LogP contribution in [0, 0.1) is 5.41 Å². The fraction of sp³-hybridized carbons (Fsp3) is 0.938. The molecule has 3 N–H and O–H groups in total. The van der Waals surface area contributed by atoms with E-state index in [4.69, 9.17) is 10.5 Å². The summed E-state index contributed by atoms with van der Waals surface area (Å²) >= 11 is 0. The summed E-state index contributed by atoms with van der Waals surface area (Å²) in [7, 11) is 0. The predicted octanol–water partition coefficient (Wildman–Crippen LogP) is 1.86. The normalized spacial score (nSPS) is 32.3. The van der Waals surface area contributed by atoms with Crippen LogP contribution in [-0.2, 0) is 4.74 Å². The van der Waals surface area contributed by atoms with Crippen LogP contribution in [0.5, 0.6) is 0 Å². The zero-order valence-electron chi connectivity index (χ0n) is 13.1. The average molecular weight is 295 g/mol. The Morgan fingerprint density at radius 3 is 2.57 bits per heavy atom. The number of nitrogens with zero attached hydrogens (tertiary/aromatic N) is 1. The fourth-order valence-corrected chi connectivity index (χ4v) is 4.67. The Morgan fingerprint density at radius 2 is 2.00 bits per heavy atom. The first-order valence-electron chi connectivity index (χ1n) is 8.58. The first-order chi connectivity index (χ1) is 10.2. The average Bonchev–Trinajstić information content (AvgIpc) is 2.99. The van der Waals surface area contributed by atoms with Crippen LogP contribution >= 0.6 is 0 Å². The van der Waals surface area contributed by atoms with Gasteiger partial charge in [0.05, 0.1) is 6.10 Å². The van der Waals surface area contributed by atoms with Gasteiger partial charge < -0.3 is 20.7 Å². The van der Waals surface area contributed by atoms with Gasteiger partial charge in [-0.25, -0.2) is 4.79 Å². The van der Waals surface area contributed by atoms with E-state index in [1.807, 2.05) is 0 Å². The maximum Gasteiger partial charge on any atom is 0.314 e. The minimum atomic E-state index is -0.277. The van der Waals surface area contributed by atoms with Gasteiger partial charge in [0, 0.05) is 37.2 Å². The highest BCUT2D eigenvalue weighted by Crippen LogP contribution is 2.55. The lowest BCUT2D eigenvalue weighted by molar-refractivity contribution is -0.133. The van der Waals surface area contributed by atoms with Crippen molar-refractivity contribution < 1.29 is 9.53 Å². The summed E-state index contributed by atoms with van der Waals surface area (Å²) in [6.07, 6.45) is 9.00. The second kappa shape index (κ2) is 6.13. The smallest absolute Gasteiger partial charge is 0.314 e. The van der Waals surface area contributed by atoms with Crippen LogP contribution in [0.1, 0.15) is 51.9 Å². The molecule has 1 spiro atoms. The molecule has 2 atom stereocenters. The molecule has 120 valence electrons. The number of carbonyl (C=O) groups is 1. The van der Waals surface area contributed by atoms with Crippen molar-refractivity contribution in [3.8, 4) is 0 Å². The van der Waals surface area contributed by atoms with Gasteiger partial charge in [-0.1, -0.05) is 12.8 Å². The molecule has 5 nitrogen and oxygen atoms in total. The van der Waals surface area contributed by atoms with Gasteiger partial charge in [0.25, 0.3) is 0 Å². The molecular formula is C16H29N3O2. The number of hydrogen-bond acceptors (Lipinski definition) is 3. The third-order valence-electron chi connectivity index (χ3n) is 5.93. The van der Waals surface area contributed by atoms with Gasteiger partial charge in [-0.3, -0.25) is 0 Å². The van der Waals surface area contributed by atoms with E-state index in [9.17, 15) is 4.79 Å². The minimum Gasteiger partial charge on any atom is -0.378 e. The summed E-state index contributed by atoms with van der Waals surface area (Å²) in [5, 5.41) is 3.88. The number of ether oxygens (including phenoxy) is 1. The topological polar surface area (TPSA) is 67.6 Å². The van der Waals surface area contributed by atoms with E-state index in [0.717, 1.165) is 39.0 Å². The quantitative estimate of drug-likeness (QED) is 0.832. The molecule has 2 amide bonds. The van der Waals surface area contributed by atoms with Gasteiger partial charge in [0.1, 0.15) is 0 Å². The van der Waals surface area contributed by atoms with Gasteiger partial charge in [-0.05, 0) is 39.0 Å². The molecule has 0 aromatic heterocycles. The van der Waals surface area contributed by atoms with Gasteiger partial charge in [-0.15, -0.1) is 0 Å². The van der Waals surface area contributed by atoms with Crippen LogP contribution in [0.15, 0.2) is 0 Å². The Hall–Kier alpha value is -0.810. The molecule has 3 aliphatic rings. The summed E-state index contributed by atoms with van der Waals surface area (Å²) in [4.78, 5) is 12.9. The van der Waals surface area contributed by atoms with Crippen LogP contribution in [-0.4, -0.2) is 48.8 Å². The molecule has 0 aromatic carbocycles. The Morgan fingerprint density at radius 1 is 1.33 bits per heavy atom. The van der Waals surface area contributed by atoms with E-state index in [-0.39, 0.29) is 6.03 Å². The third-order valence-corrected chi connectivity index (χ3v) is 5.93. The van der Waals surface area contributed by atoms with Crippen LogP contribution in [0.4, 0.5) is 4.79 Å². The highest BCUT2D eigenvalue weighted by atomic mass is 16.5. The Balaban J connectivity index is 1.53. The lowest BCUT2D eigenvalue weighted by Crippen LogP contribution is -2.65. The molecule has 2 saturated carbocycles. The second-order valence-corrected chi connectivity index (χ2v) is 6.94. The number of primary amides is 1. The molecule has 0 bridgehead atoms. The largest absolute Gasteiger partial charge is 0.378 e. The van der Waals surface area contributed by atoms with Crippen molar-refractivity contribution in [2.45, 2.75) is 70.1 Å². The number of likely N-dealkylation sites (tertiary alicyclic amines) is 1. The van der Waals surface area contributed by atoms with E-state index in [1.165, 1.54) is 25.7 Å². The predicted molar refractivity (Wildman–Crippen MR) is 82.0 cm³/mol. The molecule has 1 saturated heterocycles. The molecule has 0 radical (unpaired) electrons. The second-order valence-electron chi connectivity index (χ2n) is 6.94. The van der Waals surface area contributed by atoms with Crippen molar-refractivity contribution in [3.05, 3.63) is 0 Å². The van der Waals surface area contributed by atoms with E-state index in [1.54, 1.807) is 4.90 Å². The van der Waals surface area contributed by atoms with Gasteiger partial charge >= 0.3 is 6.03 Å². The molecule has 0 unspecified atom stereocenters. The number of carbonyl (C=O) groups excluding carboxylic acids is 1. The molecule has 5 heteroatoms. The van der Waals surface area contributed by atoms with Crippen LogP contribution in [0.25, 0.3) is 0 Å². The highest BCUT2D eigenvalue weighted by Gasteiger charge is 2.56. The van der Waals surface area contributed by atoms with Crippen molar-refractivity contribution in [3.63, 3.8) is 0 Å². The number of nitrogens with one attached hydrogen (secondary N) is 1. The minimum absolute atomic E-state index is 0.277. The summed E-state index contributed by atoms with van der Waals surface area (Å²) in [6, 6.07) is 0.869. The molecule has 21 heavy (non-hydrogen) atoms. The first kappa shape index (κ1) is 15.1. The number of amides is 2. The molecule has 0 aromatic rings. The zero-order valence-corrected chi connectivity index (χ0v) is 13.1. The number of hydrogen-bond donors (Lipinski definition) is 2. The van der Waals surface area contributed by atoms with Crippen LogP contribution < -0.4 is 11.1 Å². The van der Waals surface area contributed by atoms with Crippen molar-refractivity contribution in [1.82, 2.24) is 10.2 Å². The Labute approximate surface area is 127 Å². The summed E-state index contributed by atoms with van der Waals surface area (Å²) in [5.41, 5.74) is 5.75. The highest BCUT2D eigenvalue weighted by molar-refractivity contribution is 5.72. The maximum atomic E-state index is 11.2. The number of rotatable bonds is 4. The number of piperidine rings is 1. The fourth-order valence-electron chi connectivity index (χ4n) is 4.67. The van der Waals surface area contributed by atoms with E-state index in [2.05, 4.69) is 12.2 Å². The van der Waals surface area contributed by atoms with Gasteiger partial charge in [0.15, 0.2) is 0 Å². The molecule has 2 aliphatic carbocycles. The molecule has 3 rings (SSSR count). The lowest BCUT2D eigenvalue weighted by atomic mass is 9.60. The number of nitrogens with two attached hydrogens (primary N) is 1. The first-order valence-corrected chi connectivity index (χ1v) is 8.58. The van der Waals surface area contributed by atoms with Gasteiger partial charge in [0.2, 0.25) is 0 Å². The van der Waals surface area contributed by atoms with E-state index in [0.29, 0.717) is 23.6 Å².